The Morgan fingerprint density at radius 3 is 2.54 bits per heavy atom. The van der Waals surface area contributed by atoms with Crippen LogP contribution in [0, 0.1) is 0 Å². The molecule has 39 heavy (non-hydrogen) atoms. The van der Waals surface area contributed by atoms with Gasteiger partial charge >= 0.3 is 0 Å². The lowest BCUT2D eigenvalue weighted by Gasteiger charge is -2.48. The van der Waals surface area contributed by atoms with Crippen LogP contribution in [0.15, 0.2) is 41.1 Å². The van der Waals surface area contributed by atoms with E-state index in [2.05, 4.69) is 25.3 Å². The molecule has 7 rings (SSSR count). The summed E-state index contributed by atoms with van der Waals surface area (Å²) in [5.41, 5.74) is 2.96. The molecule has 1 N–H and O–H groups in total. The summed E-state index contributed by atoms with van der Waals surface area (Å²) in [6, 6.07) is 7.77. The summed E-state index contributed by atoms with van der Waals surface area (Å²) in [4.78, 5) is 32.1. The molecule has 0 radical (unpaired) electrons. The van der Waals surface area contributed by atoms with Crippen LogP contribution < -0.4 is 15.1 Å². The number of ether oxygens (including phenoxy) is 2. The molecule has 1 amide bonds. The van der Waals surface area contributed by atoms with E-state index in [-0.39, 0.29) is 11.5 Å². The van der Waals surface area contributed by atoms with Gasteiger partial charge < -0.3 is 29.0 Å². The summed E-state index contributed by atoms with van der Waals surface area (Å²) in [5, 5.41) is 7.19. The Hall–Kier alpha value is -4.03. The molecule has 7 heterocycles. The van der Waals surface area contributed by atoms with Crippen LogP contribution in [0.3, 0.4) is 0 Å². The molecule has 3 aliphatic heterocycles. The smallest absolute Gasteiger partial charge is 0.300 e. The number of piperidine rings is 1. The minimum Gasteiger partial charge on any atom is -0.422 e. The van der Waals surface area contributed by atoms with E-state index in [9.17, 15) is 4.79 Å². The van der Waals surface area contributed by atoms with Crippen molar-refractivity contribution in [2.75, 3.05) is 61.1 Å². The maximum Gasteiger partial charge on any atom is 0.300 e. The van der Waals surface area contributed by atoms with Crippen LogP contribution in [-0.4, -0.2) is 82.2 Å². The summed E-state index contributed by atoms with van der Waals surface area (Å²) >= 11 is 0. The van der Waals surface area contributed by atoms with Crippen LogP contribution in [0.4, 0.5) is 17.7 Å². The van der Waals surface area contributed by atoms with E-state index in [1.165, 1.54) is 0 Å². The fraction of sp³-hybridized carbons (Fsp3) is 0.444. The molecule has 12 heteroatoms. The highest BCUT2D eigenvalue weighted by atomic mass is 16.5. The second kappa shape index (κ2) is 9.62. The average Bonchev–Trinajstić information content (AvgIpc) is 3.58. The number of aryl methyl sites for hydroxylation is 1. The quantitative estimate of drug-likeness (QED) is 0.412. The number of oxazole rings is 1. The predicted molar refractivity (Wildman–Crippen MR) is 144 cm³/mol. The Bertz CT molecular complexity index is 1510. The van der Waals surface area contributed by atoms with Crippen molar-refractivity contribution in [2.24, 2.45) is 7.05 Å². The number of carbonyl (C=O) groups is 1. The normalized spacial score (nSPS) is 18.9. The SMILES string of the molecule is Cn1cc(-c2cccc(NC(=O)c3cc4oc(N5CCOCC5)nc4nc3N3CCC4(CCO4)CC3)n2)cn1. The fourth-order valence-corrected chi connectivity index (χ4v) is 5.45. The molecule has 0 bridgehead atoms. The largest absolute Gasteiger partial charge is 0.422 e. The Morgan fingerprint density at radius 1 is 1.00 bits per heavy atom. The van der Waals surface area contributed by atoms with E-state index in [1.807, 2.05) is 30.3 Å². The first-order valence-electron chi connectivity index (χ1n) is 13.4. The van der Waals surface area contributed by atoms with E-state index in [0.717, 1.165) is 50.2 Å². The van der Waals surface area contributed by atoms with E-state index >= 15 is 0 Å². The molecule has 0 atom stereocenters. The third-order valence-corrected chi connectivity index (χ3v) is 7.81. The summed E-state index contributed by atoms with van der Waals surface area (Å²) in [7, 11) is 1.85. The molecule has 0 aromatic carbocycles. The van der Waals surface area contributed by atoms with Gasteiger partial charge in [-0.2, -0.15) is 10.1 Å². The standard InChI is InChI=1S/C27H30N8O4/c1-33-17-18(16-28-33)20-3-2-4-22(29-20)30-25(36)19-15-21-23(32-26(39-21)35-10-13-37-14-11-35)31-24(19)34-8-5-27(6-9-34)7-12-38-27/h2-4,15-17H,5-14H2,1H3,(H,29,30,36). The molecule has 0 aliphatic carbocycles. The number of pyridine rings is 2. The highest BCUT2D eigenvalue weighted by Crippen LogP contribution is 2.39. The maximum absolute atomic E-state index is 13.7. The van der Waals surface area contributed by atoms with E-state index in [4.69, 9.17) is 18.9 Å². The van der Waals surface area contributed by atoms with Crippen molar-refractivity contribution in [3.8, 4) is 11.3 Å². The van der Waals surface area contributed by atoms with Gasteiger partial charge in [-0.3, -0.25) is 9.48 Å². The number of rotatable bonds is 5. The molecule has 1 spiro atoms. The number of amides is 1. The first-order chi connectivity index (χ1) is 19.1. The van der Waals surface area contributed by atoms with Crippen LogP contribution in [-0.2, 0) is 16.5 Å². The molecular weight excluding hydrogens is 500 g/mol. The van der Waals surface area contributed by atoms with E-state index in [0.29, 0.717) is 60.7 Å². The maximum atomic E-state index is 13.7. The third kappa shape index (κ3) is 4.59. The second-order valence-electron chi connectivity index (χ2n) is 10.3. The molecule has 3 fully saturated rings. The van der Waals surface area contributed by atoms with Gasteiger partial charge in [0.1, 0.15) is 11.6 Å². The van der Waals surface area contributed by atoms with Gasteiger partial charge in [0.05, 0.1) is 42.9 Å². The zero-order valence-electron chi connectivity index (χ0n) is 21.8. The lowest BCUT2D eigenvalue weighted by molar-refractivity contribution is -0.158. The van der Waals surface area contributed by atoms with Gasteiger partial charge in [0.15, 0.2) is 5.58 Å². The van der Waals surface area contributed by atoms with Gasteiger partial charge in [-0.1, -0.05) is 6.07 Å². The number of nitrogens with zero attached hydrogens (tertiary/aromatic N) is 7. The van der Waals surface area contributed by atoms with Gasteiger partial charge in [0.25, 0.3) is 11.9 Å². The van der Waals surface area contributed by atoms with E-state index < -0.39 is 0 Å². The lowest BCUT2D eigenvalue weighted by Crippen LogP contribution is -2.52. The van der Waals surface area contributed by atoms with Gasteiger partial charge in [-0.25, -0.2) is 9.97 Å². The second-order valence-corrected chi connectivity index (χ2v) is 10.3. The summed E-state index contributed by atoms with van der Waals surface area (Å²) in [6.45, 7) is 4.96. The molecule has 3 aliphatic rings. The van der Waals surface area contributed by atoms with Crippen molar-refractivity contribution in [1.29, 1.82) is 0 Å². The van der Waals surface area contributed by atoms with Gasteiger partial charge in [-0.15, -0.1) is 0 Å². The topological polar surface area (TPSA) is 124 Å². The van der Waals surface area contributed by atoms with Crippen LogP contribution in [0.1, 0.15) is 29.6 Å². The molecule has 202 valence electrons. The number of hydrogen-bond acceptors (Lipinski definition) is 10. The molecule has 4 aromatic heterocycles. The highest BCUT2D eigenvalue weighted by molar-refractivity contribution is 6.08. The minimum atomic E-state index is -0.306. The summed E-state index contributed by atoms with van der Waals surface area (Å²) in [6.07, 6.45) is 6.52. The van der Waals surface area contributed by atoms with Gasteiger partial charge in [0, 0.05) is 51.1 Å². The van der Waals surface area contributed by atoms with Crippen LogP contribution in [0.25, 0.3) is 22.5 Å². The number of fused-ring (bicyclic) bond motifs is 1. The first-order valence-corrected chi connectivity index (χ1v) is 13.4. The Balaban J connectivity index is 1.21. The van der Waals surface area contributed by atoms with Crippen molar-refractivity contribution in [2.45, 2.75) is 24.9 Å². The van der Waals surface area contributed by atoms with Crippen molar-refractivity contribution >= 4 is 34.8 Å². The number of morpholine rings is 1. The molecule has 3 saturated heterocycles. The number of aromatic nitrogens is 5. The van der Waals surface area contributed by atoms with E-state index in [1.54, 1.807) is 23.0 Å². The van der Waals surface area contributed by atoms with Crippen LogP contribution >= 0.6 is 0 Å². The number of carbonyl (C=O) groups excluding carboxylic acids is 1. The zero-order valence-corrected chi connectivity index (χ0v) is 21.8. The van der Waals surface area contributed by atoms with Gasteiger partial charge in [-0.05, 0) is 31.4 Å². The average molecular weight is 531 g/mol. The molecule has 12 nitrogen and oxygen atoms in total. The first kappa shape index (κ1) is 24.0. The monoisotopic (exact) mass is 530 g/mol. The lowest BCUT2D eigenvalue weighted by atomic mass is 9.84. The zero-order chi connectivity index (χ0) is 26.4. The molecule has 4 aromatic rings. The Kier molecular flexibility index (Phi) is 5.93. The van der Waals surface area contributed by atoms with Gasteiger partial charge in [0.2, 0.25) is 5.65 Å². The van der Waals surface area contributed by atoms with Crippen molar-refractivity contribution < 1.29 is 18.7 Å². The number of nitrogens with one attached hydrogen (secondary N) is 1. The molecule has 0 unspecified atom stereocenters. The highest BCUT2D eigenvalue weighted by Gasteiger charge is 2.42. The Labute approximate surface area is 224 Å². The molecule has 0 saturated carbocycles. The van der Waals surface area contributed by atoms with Crippen molar-refractivity contribution in [1.82, 2.24) is 24.7 Å². The minimum absolute atomic E-state index is 0.0168. The fourth-order valence-electron chi connectivity index (χ4n) is 5.45. The van der Waals surface area contributed by atoms with Crippen LogP contribution in [0.2, 0.25) is 0 Å². The summed E-state index contributed by atoms with van der Waals surface area (Å²) < 4.78 is 19.2. The molecular formula is C27H30N8O4. The Morgan fingerprint density at radius 2 is 1.82 bits per heavy atom. The third-order valence-electron chi connectivity index (χ3n) is 7.81. The van der Waals surface area contributed by atoms with Crippen molar-refractivity contribution in [3.63, 3.8) is 0 Å². The number of anilines is 3. The van der Waals surface area contributed by atoms with Crippen LogP contribution in [0.5, 0.6) is 0 Å². The van der Waals surface area contributed by atoms with Crippen molar-refractivity contribution in [3.05, 3.63) is 42.2 Å². The predicted octanol–water partition coefficient (Wildman–Crippen LogP) is 2.87. The number of hydrogen-bond donors (Lipinski definition) is 1. The summed E-state index contributed by atoms with van der Waals surface area (Å²) in [5.74, 6) is 0.735.